The van der Waals surface area contributed by atoms with Gasteiger partial charge < -0.3 is 4.90 Å². The normalized spacial score (nSPS) is 15.9. The molecule has 1 saturated heterocycles. The minimum absolute atomic E-state index is 0.212. The Hall–Kier alpha value is -2.44. The number of rotatable bonds is 5. The minimum atomic E-state index is -0.618. The number of hydrogen-bond donors (Lipinski definition) is 0. The van der Waals surface area contributed by atoms with Crippen LogP contribution in [0.25, 0.3) is 5.65 Å². The van der Waals surface area contributed by atoms with Crippen molar-refractivity contribution in [3.63, 3.8) is 0 Å². The fourth-order valence-electron chi connectivity index (χ4n) is 3.45. The summed E-state index contributed by atoms with van der Waals surface area (Å²) in [5.74, 6) is 1.56. The van der Waals surface area contributed by atoms with Crippen molar-refractivity contribution < 1.29 is 4.92 Å². The van der Waals surface area contributed by atoms with Crippen LogP contribution < -0.4 is 10.5 Å². The van der Waals surface area contributed by atoms with Gasteiger partial charge in [0.2, 0.25) is 5.82 Å². The molecule has 0 amide bonds. The number of hydrogen-bond acceptors (Lipinski definition) is 5. The molecular formula is C18H24N4O3. The number of pyridine rings is 1. The molecule has 0 aliphatic carbocycles. The molecule has 0 spiro atoms. The summed E-state index contributed by atoms with van der Waals surface area (Å²) in [5, 5.41) is 11.5. The standard InChI is InChI=1S/C18H24N4O3/c1-13(2)6-7-14-8-11-20(12-9-14)17-16(22(24)25)18(23)21-10-4-3-5-15(21)19-17/h3-5,10,13-14H,6-9,11-12H2,1-2H3. The molecule has 0 aromatic carbocycles. The van der Waals surface area contributed by atoms with Crippen molar-refractivity contribution in [2.24, 2.45) is 11.8 Å². The summed E-state index contributed by atoms with van der Waals surface area (Å²) in [4.78, 5) is 29.8. The second kappa shape index (κ2) is 7.21. The van der Waals surface area contributed by atoms with Gasteiger partial charge in [0.15, 0.2) is 0 Å². The van der Waals surface area contributed by atoms with E-state index in [4.69, 9.17) is 0 Å². The number of anilines is 1. The van der Waals surface area contributed by atoms with Crippen LogP contribution in [0.15, 0.2) is 29.2 Å². The minimum Gasteiger partial charge on any atom is -0.351 e. The molecule has 7 nitrogen and oxygen atoms in total. The average Bonchev–Trinajstić information content (AvgIpc) is 2.60. The van der Waals surface area contributed by atoms with Crippen molar-refractivity contribution in [2.45, 2.75) is 39.5 Å². The van der Waals surface area contributed by atoms with E-state index in [1.165, 1.54) is 23.4 Å². The van der Waals surface area contributed by atoms with Gasteiger partial charge in [0.1, 0.15) is 5.65 Å². The predicted octanol–water partition coefficient (Wildman–Crippen LogP) is 3.26. The smallest absolute Gasteiger partial charge is 0.351 e. The maximum Gasteiger partial charge on any atom is 0.376 e. The van der Waals surface area contributed by atoms with E-state index in [0.29, 0.717) is 30.6 Å². The van der Waals surface area contributed by atoms with Crippen LogP contribution in [0.4, 0.5) is 11.5 Å². The van der Waals surface area contributed by atoms with Crippen LogP contribution in [0, 0.1) is 22.0 Å². The number of nitrogens with zero attached hydrogens (tertiary/aromatic N) is 4. The van der Waals surface area contributed by atoms with Gasteiger partial charge in [-0.15, -0.1) is 0 Å². The molecule has 0 bridgehead atoms. The van der Waals surface area contributed by atoms with Crippen molar-refractivity contribution >= 4 is 17.2 Å². The van der Waals surface area contributed by atoms with E-state index in [-0.39, 0.29) is 5.82 Å². The first kappa shape index (κ1) is 17.4. The average molecular weight is 344 g/mol. The van der Waals surface area contributed by atoms with E-state index in [1.54, 1.807) is 18.2 Å². The summed E-state index contributed by atoms with van der Waals surface area (Å²) >= 11 is 0. The maximum atomic E-state index is 12.5. The van der Waals surface area contributed by atoms with Gasteiger partial charge in [0, 0.05) is 19.3 Å². The van der Waals surface area contributed by atoms with E-state index in [1.807, 2.05) is 4.90 Å². The zero-order chi connectivity index (χ0) is 18.0. The highest BCUT2D eigenvalue weighted by Gasteiger charge is 2.30. The van der Waals surface area contributed by atoms with E-state index < -0.39 is 16.2 Å². The SMILES string of the molecule is CC(C)CCC1CCN(c2nc3ccccn3c(=O)c2[N+](=O)[O-])CC1. The van der Waals surface area contributed by atoms with Crippen LogP contribution >= 0.6 is 0 Å². The second-order valence-electron chi connectivity index (χ2n) is 7.18. The third kappa shape index (κ3) is 3.65. The van der Waals surface area contributed by atoms with Crippen molar-refractivity contribution in [2.75, 3.05) is 18.0 Å². The van der Waals surface area contributed by atoms with E-state index in [9.17, 15) is 14.9 Å². The van der Waals surface area contributed by atoms with Gasteiger partial charge in [0.25, 0.3) is 0 Å². The van der Waals surface area contributed by atoms with Gasteiger partial charge >= 0.3 is 11.2 Å². The first-order valence-corrected chi connectivity index (χ1v) is 8.88. The Morgan fingerprint density at radius 2 is 2.04 bits per heavy atom. The molecule has 0 N–H and O–H groups in total. The highest BCUT2D eigenvalue weighted by molar-refractivity contribution is 5.61. The number of aromatic nitrogens is 2. The quantitative estimate of drug-likeness (QED) is 0.614. The molecule has 3 rings (SSSR count). The topological polar surface area (TPSA) is 80.8 Å². The van der Waals surface area contributed by atoms with Crippen molar-refractivity contribution in [3.05, 3.63) is 44.9 Å². The Labute approximate surface area is 146 Å². The summed E-state index contributed by atoms with van der Waals surface area (Å²) in [6.45, 7) is 5.87. The molecule has 2 aromatic heterocycles. The lowest BCUT2D eigenvalue weighted by Gasteiger charge is -2.32. The molecule has 3 heterocycles. The molecule has 2 aromatic rings. The Balaban J connectivity index is 1.88. The second-order valence-corrected chi connectivity index (χ2v) is 7.18. The van der Waals surface area contributed by atoms with Gasteiger partial charge in [-0.3, -0.25) is 19.3 Å². The predicted molar refractivity (Wildman–Crippen MR) is 97.1 cm³/mol. The van der Waals surface area contributed by atoms with Gasteiger partial charge in [0.05, 0.1) is 4.92 Å². The van der Waals surface area contributed by atoms with Gasteiger partial charge in [-0.05, 0) is 36.8 Å². The zero-order valence-electron chi connectivity index (χ0n) is 14.7. The fourth-order valence-corrected chi connectivity index (χ4v) is 3.45. The lowest BCUT2D eigenvalue weighted by Crippen LogP contribution is -2.36. The Morgan fingerprint density at radius 1 is 1.32 bits per heavy atom. The molecule has 7 heteroatoms. The van der Waals surface area contributed by atoms with Crippen molar-refractivity contribution in [1.82, 2.24) is 9.38 Å². The van der Waals surface area contributed by atoms with Crippen LogP contribution in [0.3, 0.4) is 0 Å². The largest absolute Gasteiger partial charge is 0.376 e. The van der Waals surface area contributed by atoms with Gasteiger partial charge in [-0.1, -0.05) is 32.8 Å². The molecule has 1 fully saturated rings. The third-order valence-electron chi connectivity index (χ3n) is 4.94. The fraction of sp³-hybridized carbons (Fsp3) is 0.556. The Bertz CT molecular complexity index is 823. The zero-order valence-corrected chi connectivity index (χ0v) is 14.7. The van der Waals surface area contributed by atoms with E-state index in [0.717, 1.165) is 12.8 Å². The highest BCUT2D eigenvalue weighted by Crippen LogP contribution is 2.30. The molecule has 1 aliphatic rings. The molecule has 0 unspecified atom stereocenters. The van der Waals surface area contributed by atoms with Crippen LogP contribution in [-0.2, 0) is 0 Å². The van der Waals surface area contributed by atoms with Crippen LogP contribution in [-0.4, -0.2) is 27.4 Å². The van der Waals surface area contributed by atoms with Crippen molar-refractivity contribution in [1.29, 1.82) is 0 Å². The lowest BCUT2D eigenvalue weighted by atomic mass is 9.89. The number of nitro groups is 1. The van der Waals surface area contributed by atoms with Gasteiger partial charge in [-0.25, -0.2) is 4.98 Å². The Kier molecular flexibility index (Phi) is 5.01. The molecule has 1 aliphatic heterocycles. The molecule has 25 heavy (non-hydrogen) atoms. The van der Waals surface area contributed by atoms with Crippen LogP contribution in [0.2, 0.25) is 0 Å². The summed E-state index contributed by atoms with van der Waals surface area (Å²) in [6, 6.07) is 5.14. The first-order valence-electron chi connectivity index (χ1n) is 8.88. The number of fused-ring (bicyclic) bond motifs is 1. The van der Waals surface area contributed by atoms with Crippen LogP contribution in [0.1, 0.15) is 39.5 Å². The van der Waals surface area contributed by atoms with Gasteiger partial charge in [-0.2, -0.15) is 0 Å². The summed E-state index contributed by atoms with van der Waals surface area (Å²) in [7, 11) is 0. The molecular weight excluding hydrogens is 320 g/mol. The maximum absolute atomic E-state index is 12.5. The molecule has 0 saturated carbocycles. The molecule has 0 atom stereocenters. The van der Waals surface area contributed by atoms with Crippen molar-refractivity contribution in [3.8, 4) is 0 Å². The third-order valence-corrected chi connectivity index (χ3v) is 4.94. The number of piperidine rings is 1. The summed E-state index contributed by atoms with van der Waals surface area (Å²) in [6.07, 6.45) is 5.89. The molecule has 134 valence electrons. The Morgan fingerprint density at radius 3 is 2.68 bits per heavy atom. The van der Waals surface area contributed by atoms with E-state index in [2.05, 4.69) is 18.8 Å². The summed E-state index contributed by atoms with van der Waals surface area (Å²) in [5.41, 5.74) is -0.605. The van der Waals surface area contributed by atoms with Crippen LogP contribution in [0.5, 0.6) is 0 Å². The summed E-state index contributed by atoms with van der Waals surface area (Å²) < 4.78 is 1.23. The highest BCUT2D eigenvalue weighted by atomic mass is 16.6. The monoisotopic (exact) mass is 344 g/mol. The first-order chi connectivity index (χ1) is 12.0. The van der Waals surface area contributed by atoms with E-state index >= 15 is 0 Å². The lowest BCUT2D eigenvalue weighted by molar-refractivity contribution is -0.385. The molecule has 0 radical (unpaired) electrons.